The summed E-state index contributed by atoms with van der Waals surface area (Å²) in [5.74, 6) is 0. The second-order valence-corrected chi connectivity index (χ2v) is 36.4. The van der Waals surface area contributed by atoms with Crippen LogP contribution in [0.25, 0.3) is 16.9 Å². The van der Waals surface area contributed by atoms with E-state index in [1.54, 1.807) is 4.70 Å². The van der Waals surface area contributed by atoms with Crippen molar-refractivity contribution in [2.45, 2.75) is 594 Å². The molecule has 0 atom stereocenters. The standard InChI is InChI=1S/C80H140N2.2C15H31.Pd/c1-6-11-16-20-24-26-28-30-32-34-36-38-40-42-44-46-48-50-54-58-60-72-65-73(61-59-55-51-49-47-45-43-41-39-37-35-33-31-29-27-25-21-17-12-7-2)68-77(67-72)79-71-76(64-15-10-5)80(82(79)81)78-69-74(62-56-52-22-18-13-8-3)66-75(70-78)63-57-53-23-19-14-9-4;2*1-3-5-7-9-11-13-15-14-12-10-8-6-4-2;/h65-71H,6-64H2,1-5H3;2*1,3-15H2,2H3;/q;2*-1;+2. The maximum absolute atomic E-state index is 12.6. The van der Waals surface area contributed by atoms with Gasteiger partial charge in [0.15, 0.2) is 0 Å². The molecule has 0 radical (unpaired) electrons. The normalized spacial score (nSPS) is 12.1. The summed E-state index contributed by atoms with van der Waals surface area (Å²) in [6.45, 7) is 23.9. The molecule has 0 saturated carbocycles. The smallest absolute Gasteiger partial charge is 0.493 e. The monoisotopic (exact) mass is 1660 g/mol. The van der Waals surface area contributed by atoms with Crippen LogP contribution in [-0.2, 0) is 46.1 Å². The molecule has 0 unspecified atom stereocenters. The third-order valence-corrected chi connectivity index (χ3v) is 25.0. The number of nitrogens with zero attached hydrogens (tertiary/aromatic N) is 2. The van der Waals surface area contributed by atoms with Crippen LogP contribution in [0.4, 0.5) is 0 Å². The summed E-state index contributed by atoms with van der Waals surface area (Å²) in [5, 5.41) is 0. The fourth-order valence-electron chi connectivity index (χ4n) is 17.4. The Labute approximate surface area is 726 Å². The van der Waals surface area contributed by atoms with E-state index in [0.717, 1.165) is 69.2 Å². The maximum atomic E-state index is 12.6. The van der Waals surface area contributed by atoms with Crippen molar-refractivity contribution in [1.82, 2.24) is 0 Å². The molecule has 0 amide bonds. The number of unbranched alkanes of at least 4 members (excludes halogenated alkanes) is 73. The van der Waals surface area contributed by atoms with Crippen LogP contribution in [0.15, 0.2) is 48.0 Å². The van der Waals surface area contributed by atoms with Crippen LogP contribution < -0.4 is 0 Å². The number of hydrogen-bond acceptors (Lipinski definition) is 0. The number of allylic oxidation sites excluding steroid dienone is 2. The van der Waals surface area contributed by atoms with E-state index in [-0.39, 0.29) is 20.4 Å². The van der Waals surface area contributed by atoms with Gasteiger partial charge in [0.25, 0.3) is 0 Å². The quantitative estimate of drug-likeness (QED) is 0.0273. The van der Waals surface area contributed by atoms with Crippen molar-refractivity contribution in [2.75, 3.05) is 0 Å². The van der Waals surface area contributed by atoms with Gasteiger partial charge in [0.2, 0.25) is 11.4 Å². The van der Waals surface area contributed by atoms with Gasteiger partial charge < -0.3 is 19.4 Å². The van der Waals surface area contributed by atoms with Crippen molar-refractivity contribution >= 4 is 11.4 Å². The van der Waals surface area contributed by atoms with Gasteiger partial charge in [0.1, 0.15) is 0 Å². The molecule has 113 heavy (non-hydrogen) atoms. The molecule has 1 aliphatic heterocycles. The van der Waals surface area contributed by atoms with Gasteiger partial charge in [-0.15, -0.1) is 0 Å². The Bertz CT molecular complexity index is 2160. The molecule has 3 heteroatoms. The Morgan fingerprint density at radius 2 is 0.372 bits per heavy atom. The average molecular weight is 1660 g/mol. The molecule has 3 rings (SSSR count). The fourth-order valence-corrected chi connectivity index (χ4v) is 17.4. The van der Waals surface area contributed by atoms with E-state index >= 15 is 0 Å². The van der Waals surface area contributed by atoms with E-state index in [2.05, 4.69) is 105 Å². The molecule has 2 aromatic carbocycles. The van der Waals surface area contributed by atoms with Crippen molar-refractivity contribution in [3.63, 3.8) is 0 Å². The van der Waals surface area contributed by atoms with E-state index in [0.29, 0.717) is 0 Å². The van der Waals surface area contributed by atoms with Crippen molar-refractivity contribution in [3.8, 4) is 0 Å². The first-order valence-electron chi connectivity index (χ1n) is 52.2. The molecule has 0 aromatic heterocycles. The Hall–Kier alpha value is -1.82. The summed E-state index contributed by atoms with van der Waals surface area (Å²) in [7, 11) is 0. The van der Waals surface area contributed by atoms with Gasteiger partial charge in [-0.3, -0.25) is 0 Å². The van der Waals surface area contributed by atoms with Crippen molar-refractivity contribution in [1.29, 1.82) is 0 Å². The fraction of sp³-hybridized carbons (Fsp3) is 0.836. The minimum Gasteiger partial charge on any atom is -0.493 e. The molecule has 1 heterocycles. The molecule has 0 saturated heterocycles. The second-order valence-electron chi connectivity index (χ2n) is 36.4. The number of hydrogen-bond donors (Lipinski definition) is 0. The van der Waals surface area contributed by atoms with E-state index in [4.69, 9.17) is 0 Å². The minimum absolute atomic E-state index is 0. The number of rotatable bonds is 85. The van der Waals surface area contributed by atoms with Crippen LogP contribution in [0.2, 0.25) is 0 Å². The summed E-state index contributed by atoms with van der Waals surface area (Å²) in [6.07, 6.45) is 120. The summed E-state index contributed by atoms with van der Waals surface area (Å²) in [5.41, 5.74) is 24.3. The van der Waals surface area contributed by atoms with Crippen molar-refractivity contribution < 1.29 is 25.1 Å². The Kier molecular flexibility index (Phi) is 89.5. The SMILES string of the molecule is CCCCCCCCCCCCCCCCCCCCCCc1cc(CCCCCCCCCCCCCCCCCCCCCC)cc(C2=CC(CCCC)=C(c3cc(CCCCCCCC)cc(CCCCCCCC)c3)[N+]2=[N-])c1.[CH2-]CCCCCCCCCCCCCC.[CH2-]CCCCCCCCCCCCCC.[Pd+2]. The van der Waals surface area contributed by atoms with Gasteiger partial charge in [-0.1, -0.05) is 529 Å². The number of benzene rings is 2. The molecule has 662 valence electrons. The van der Waals surface area contributed by atoms with E-state index in [1.807, 2.05) is 0 Å². The van der Waals surface area contributed by atoms with Crippen molar-refractivity contribution in [2.24, 2.45) is 0 Å². The van der Waals surface area contributed by atoms with Gasteiger partial charge in [-0.2, -0.15) is 12.8 Å². The van der Waals surface area contributed by atoms with Crippen LogP contribution >= 0.6 is 0 Å². The van der Waals surface area contributed by atoms with Crippen molar-refractivity contribution in [3.05, 3.63) is 101 Å². The predicted octanol–water partition coefficient (Wildman–Crippen LogP) is 40.0. The number of aryl methyl sites for hydroxylation is 4. The van der Waals surface area contributed by atoms with Gasteiger partial charge in [0.05, 0.1) is 0 Å². The molecule has 1 aliphatic rings. The summed E-state index contributed by atoms with van der Waals surface area (Å²) >= 11 is 0. The Morgan fingerprint density at radius 1 is 0.204 bits per heavy atom. The molecular weight excluding hydrogens is 1460 g/mol. The van der Waals surface area contributed by atoms with E-state index < -0.39 is 0 Å². The molecule has 0 aliphatic carbocycles. The predicted molar refractivity (Wildman–Crippen MR) is 511 cm³/mol. The van der Waals surface area contributed by atoms with Crippen LogP contribution in [0.1, 0.15) is 602 Å². The summed E-state index contributed by atoms with van der Waals surface area (Å²) in [4.78, 5) is 0. The largest absolute Gasteiger partial charge is 2.00 e. The molecule has 0 spiro atoms. The van der Waals surface area contributed by atoms with Gasteiger partial charge in [-0.05, 0) is 111 Å². The second kappa shape index (κ2) is 90.9. The zero-order valence-electron chi connectivity index (χ0n) is 78.3. The zero-order valence-corrected chi connectivity index (χ0v) is 79.8. The van der Waals surface area contributed by atoms with E-state index in [1.165, 1.54) is 527 Å². The molecular formula is C110H202N2Pd. The van der Waals surface area contributed by atoms with Crippen LogP contribution in [0.3, 0.4) is 0 Å². The third-order valence-electron chi connectivity index (χ3n) is 25.0. The Morgan fingerprint density at radius 3 is 0.558 bits per heavy atom. The summed E-state index contributed by atoms with van der Waals surface area (Å²) < 4.78 is 1.64. The first-order valence-corrected chi connectivity index (χ1v) is 52.2. The molecule has 2 aromatic rings. The topological polar surface area (TPSA) is 25.3 Å². The Balaban J connectivity index is 0.00000335. The van der Waals surface area contributed by atoms with Crippen LogP contribution in [0, 0.1) is 13.8 Å². The zero-order chi connectivity index (χ0) is 80.8. The van der Waals surface area contributed by atoms with E-state index in [9.17, 15) is 5.53 Å². The van der Waals surface area contributed by atoms with Gasteiger partial charge >= 0.3 is 20.4 Å². The average Bonchev–Trinajstić information content (AvgIpc) is 1.64. The van der Waals surface area contributed by atoms with Gasteiger partial charge in [0, 0.05) is 22.8 Å². The molecule has 0 bridgehead atoms. The molecule has 2 nitrogen and oxygen atoms in total. The summed E-state index contributed by atoms with van der Waals surface area (Å²) in [6, 6.07) is 14.9. The first-order chi connectivity index (χ1) is 55.4. The maximum Gasteiger partial charge on any atom is 2.00 e. The van der Waals surface area contributed by atoms with Gasteiger partial charge in [-0.25, -0.2) is 4.70 Å². The molecule has 0 N–H and O–H groups in total. The molecule has 0 fully saturated rings. The van der Waals surface area contributed by atoms with Crippen LogP contribution in [0.5, 0.6) is 0 Å². The first kappa shape index (κ1) is 111. The minimum atomic E-state index is 0. The third kappa shape index (κ3) is 71.6. The van der Waals surface area contributed by atoms with Crippen LogP contribution in [-0.4, -0.2) is 4.70 Å².